The van der Waals surface area contributed by atoms with E-state index in [4.69, 9.17) is 6.42 Å². The number of hydrogen-bond donors (Lipinski definition) is 0. The summed E-state index contributed by atoms with van der Waals surface area (Å²) in [5.74, 6) is 9.05. The predicted molar refractivity (Wildman–Crippen MR) is 78.9 cm³/mol. The summed E-state index contributed by atoms with van der Waals surface area (Å²) < 4.78 is 0. The van der Waals surface area contributed by atoms with Crippen molar-refractivity contribution in [3.05, 3.63) is 56.3 Å². The summed E-state index contributed by atoms with van der Waals surface area (Å²) in [6, 6.07) is 6.25. The van der Waals surface area contributed by atoms with Crippen LogP contribution in [0.2, 0.25) is 0 Å². The van der Waals surface area contributed by atoms with Gasteiger partial charge >= 0.3 is 0 Å². The molecule has 0 saturated heterocycles. The van der Waals surface area contributed by atoms with Crippen LogP contribution in [0.1, 0.15) is 32.7 Å². The first-order valence-electron chi connectivity index (χ1n) is 5.76. The van der Waals surface area contributed by atoms with Crippen molar-refractivity contribution in [2.75, 3.05) is 0 Å². The molecule has 0 unspecified atom stereocenters. The van der Waals surface area contributed by atoms with Crippen molar-refractivity contribution in [1.29, 1.82) is 0 Å². The highest BCUT2D eigenvalue weighted by Crippen LogP contribution is 2.16. The molecule has 0 saturated carbocycles. The Morgan fingerprint density at radius 3 is 2.39 bits per heavy atom. The fourth-order valence-corrected chi connectivity index (χ4v) is 2.44. The quantitative estimate of drug-likeness (QED) is 0.619. The second kappa shape index (κ2) is 5.13. The molecule has 1 aromatic heterocycles. The van der Waals surface area contributed by atoms with Gasteiger partial charge in [0.05, 0.1) is 10.4 Å². The molecular formula is C17H14S. The number of hydrogen-bond acceptors (Lipinski definition) is 1. The molecule has 2 rings (SSSR count). The van der Waals surface area contributed by atoms with Gasteiger partial charge in [0.25, 0.3) is 0 Å². The van der Waals surface area contributed by atoms with Gasteiger partial charge in [0.2, 0.25) is 0 Å². The number of rotatable bonds is 0. The zero-order valence-corrected chi connectivity index (χ0v) is 11.6. The second-order valence-corrected chi connectivity index (χ2v) is 5.23. The van der Waals surface area contributed by atoms with Gasteiger partial charge in [-0.3, -0.25) is 0 Å². The van der Waals surface area contributed by atoms with Crippen LogP contribution >= 0.6 is 11.3 Å². The minimum absolute atomic E-state index is 0.883. The van der Waals surface area contributed by atoms with Gasteiger partial charge in [-0.05, 0) is 60.9 Å². The number of thiophene rings is 1. The van der Waals surface area contributed by atoms with Crippen LogP contribution in [0.3, 0.4) is 0 Å². The van der Waals surface area contributed by atoms with Gasteiger partial charge in [0.1, 0.15) is 0 Å². The average Bonchev–Trinajstić information content (AvgIpc) is 2.79. The third-order valence-corrected chi connectivity index (χ3v) is 3.80. The molecule has 0 aliphatic carbocycles. The van der Waals surface area contributed by atoms with Crippen molar-refractivity contribution in [2.45, 2.75) is 20.8 Å². The average molecular weight is 250 g/mol. The summed E-state index contributed by atoms with van der Waals surface area (Å²) in [4.78, 5) is 0.968. The van der Waals surface area contributed by atoms with Crippen LogP contribution in [0.5, 0.6) is 0 Å². The van der Waals surface area contributed by atoms with E-state index in [-0.39, 0.29) is 0 Å². The summed E-state index contributed by atoms with van der Waals surface area (Å²) in [7, 11) is 0. The Bertz CT molecular complexity index is 685. The Kier molecular flexibility index (Phi) is 3.56. The van der Waals surface area contributed by atoms with Crippen LogP contribution in [0, 0.1) is 45.0 Å². The Labute approximate surface area is 113 Å². The Hall–Kier alpha value is -1.96. The molecular weight excluding hydrogens is 236 g/mol. The lowest BCUT2D eigenvalue weighted by Gasteiger charge is -2.04. The summed E-state index contributed by atoms with van der Waals surface area (Å²) in [6.07, 6.45) is 5.43. The molecule has 1 aromatic carbocycles. The topological polar surface area (TPSA) is 0 Å². The van der Waals surface area contributed by atoms with Crippen molar-refractivity contribution < 1.29 is 0 Å². The fraction of sp³-hybridized carbons (Fsp3) is 0.176. The maximum atomic E-state index is 5.43. The van der Waals surface area contributed by atoms with Crippen molar-refractivity contribution >= 4 is 11.3 Å². The van der Waals surface area contributed by atoms with Gasteiger partial charge in [0.15, 0.2) is 0 Å². The first-order chi connectivity index (χ1) is 8.61. The molecule has 0 radical (unpaired) electrons. The van der Waals surface area contributed by atoms with E-state index in [0.717, 1.165) is 16.0 Å². The monoisotopic (exact) mass is 250 g/mol. The van der Waals surface area contributed by atoms with Crippen LogP contribution in [-0.2, 0) is 0 Å². The SMILES string of the molecule is C#Cc1ccsc1C#Cc1cc(C)c(C)cc1C. The molecule has 0 spiro atoms. The molecule has 0 amide bonds. The van der Waals surface area contributed by atoms with Gasteiger partial charge < -0.3 is 0 Å². The van der Waals surface area contributed by atoms with Gasteiger partial charge in [-0.25, -0.2) is 0 Å². The fourth-order valence-electron chi connectivity index (χ4n) is 1.74. The lowest BCUT2D eigenvalue weighted by atomic mass is 10.0. The predicted octanol–water partition coefficient (Wildman–Crippen LogP) is 4.05. The van der Waals surface area contributed by atoms with E-state index < -0.39 is 0 Å². The number of aryl methyl sites for hydroxylation is 3. The van der Waals surface area contributed by atoms with Gasteiger partial charge in [0, 0.05) is 5.56 Å². The molecule has 0 bridgehead atoms. The van der Waals surface area contributed by atoms with Gasteiger partial charge in [-0.1, -0.05) is 17.9 Å². The normalized spacial score (nSPS) is 9.44. The van der Waals surface area contributed by atoms with E-state index in [1.165, 1.54) is 16.7 Å². The van der Waals surface area contributed by atoms with Crippen molar-refractivity contribution in [3.8, 4) is 24.2 Å². The molecule has 0 aliphatic rings. The Balaban J connectivity index is 2.43. The molecule has 0 fully saturated rings. The number of terminal acetylenes is 1. The summed E-state index contributed by atoms with van der Waals surface area (Å²) in [5.41, 5.74) is 5.75. The molecule has 1 heteroatoms. The standard InChI is InChI=1S/C17H14S/c1-5-15-8-9-18-17(15)7-6-16-11-13(3)12(2)10-14(16)4/h1,8-11H,2-4H3. The highest BCUT2D eigenvalue weighted by molar-refractivity contribution is 7.10. The summed E-state index contributed by atoms with van der Waals surface area (Å²) >= 11 is 1.59. The van der Waals surface area contributed by atoms with E-state index >= 15 is 0 Å². The molecule has 1 heterocycles. The van der Waals surface area contributed by atoms with Gasteiger partial charge in [-0.2, -0.15) is 0 Å². The van der Waals surface area contributed by atoms with Crippen molar-refractivity contribution in [3.63, 3.8) is 0 Å². The number of benzene rings is 1. The molecule has 18 heavy (non-hydrogen) atoms. The van der Waals surface area contributed by atoms with E-state index in [1.807, 2.05) is 11.4 Å². The Morgan fingerprint density at radius 2 is 1.67 bits per heavy atom. The molecule has 0 atom stereocenters. The van der Waals surface area contributed by atoms with E-state index in [0.29, 0.717) is 0 Å². The lowest BCUT2D eigenvalue weighted by Crippen LogP contribution is -1.88. The zero-order valence-electron chi connectivity index (χ0n) is 10.8. The third-order valence-electron chi connectivity index (χ3n) is 2.97. The smallest absolute Gasteiger partial charge is 0.0928 e. The van der Waals surface area contributed by atoms with E-state index in [1.54, 1.807) is 11.3 Å². The van der Waals surface area contributed by atoms with Crippen LogP contribution in [0.4, 0.5) is 0 Å². The maximum absolute atomic E-state index is 5.43. The highest BCUT2D eigenvalue weighted by atomic mass is 32.1. The van der Waals surface area contributed by atoms with Gasteiger partial charge in [-0.15, -0.1) is 17.8 Å². The van der Waals surface area contributed by atoms with Crippen LogP contribution in [0.15, 0.2) is 23.6 Å². The molecule has 0 nitrogen and oxygen atoms in total. The largest absolute Gasteiger partial charge is 0.134 e. The second-order valence-electron chi connectivity index (χ2n) is 4.31. The molecule has 2 aromatic rings. The summed E-state index contributed by atoms with van der Waals surface area (Å²) in [5, 5.41) is 1.98. The van der Waals surface area contributed by atoms with Crippen molar-refractivity contribution in [1.82, 2.24) is 0 Å². The summed E-state index contributed by atoms with van der Waals surface area (Å²) in [6.45, 7) is 6.32. The minimum atomic E-state index is 0.883. The lowest BCUT2D eigenvalue weighted by molar-refractivity contribution is 1.28. The third kappa shape index (κ3) is 2.48. The zero-order chi connectivity index (χ0) is 13.1. The van der Waals surface area contributed by atoms with Crippen LogP contribution in [0.25, 0.3) is 0 Å². The molecule has 88 valence electrons. The van der Waals surface area contributed by atoms with Crippen LogP contribution in [-0.4, -0.2) is 0 Å². The minimum Gasteiger partial charge on any atom is -0.134 e. The Morgan fingerprint density at radius 1 is 0.944 bits per heavy atom. The highest BCUT2D eigenvalue weighted by Gasteiger charge is 2.00. The van der Waals surface area contributed by atoms with E-state index in [2.05, 4.69) is 50.7 Å². The first-order valence-corrected chi connectivity index (χ1v) is 6.63. The van der Waals surface area contributed by atoms with Crippen molar-refractivity contribution in [2.24, 2.45) is 0 Å². The molecule has 0 N–H and O–H groups in total. The van der Waals surface area contributed by atoms with E-state index in [9.17, 15) is 0 Å². The maximum Gasteiger partial charge on any atom is 0.0928 e. The van der Waals surface area contributed by atoms with Crippen LogP contribution < -0.4 is 0 Å². The first kappa shape index (κ1) is 12.5. The molecule has 0 aliphatic heterocycles.